The van der Waals surface area contributed by atoms with E-state index in [1.165, 1.54) is 12.8 Å². The lowest BCUT2D eigenvalue weighted by molar-refractivity contribution is 0.309. The fourth-order valence-electron chi connectivity index (χ4n) is 2.72. The van der Waals surface area contributed by atoms with E-state index in [0.29, 0.717) is 11.4 Å². The van der Waals surface area contributed by atoms with Crippen LogP contribution in [0.3, 0.4) is 0 Å². The maximum absolute atomic E-state index is 9.09. The normalized spacial score (nSPS) is 14.8. The Bertz CT molecular complexity index is 681. The van der Waals surface area contributed by atoms with Gasteiger partial charge in [0.2, 0.25) is 0 Å². The molecule has 5 heteroatoms. The van der Waals surface area contributed by atoms with Crippen LogP contribution in [0.5, 0.6) is 0 Å². The van der Waals surface area contributed by atoms with Crippen LogP contribution in [-0.4, -0.2) is 40.0 Å². The van der Waals surface area contributed by atoms with Crippen LogP contribution in [0.25, 0.3) is 11.0 Å². The van der Waals surface area contributed by atoms with E-state index in [2.05, 4.69) is 27.6 Å². The molecule has 1 aliphatic rings. The van der Waals surface area contributed by atoms with E-state index in [9.17, 15) is 0 Å². The molecular weight excluding hydrogens is 284 g/mol. The van der Waals surface area contributed by atoms with Crippen molar-refractivity contribution in [1.82, 2.24) is 14.5 Å². The second-order valence-electron chi connectivity index (χ2n) is 5.65. The first-order valence-corrected chi connectivity index (χ1v) is 7.92. The number of benzene rings is 1. The molecule has 0 atom stereocenters. The molecule has 0 saturated heterocycles. The van der Waals surface area contributed by atoms with Gasteiger partial charge in [0.1, 0.15) is 5.82 Å². The minimum atomic E-state index is 0.562. The first-order valence-electron chi connectivity index (χ1n) is 7.38. The number of halogens is 1. The van der Waals surface area contributed by atoms with Crippen molar-refractivity contribution in [2.75, 3.05) is 19.5 Å². The Morgan fingerprint density at radius 1 is 1.48 bits per heavy atom. The van der Waals surface area contributed by atoms with Crippen LogP contribution in [0.15, 0.2) is 18.2 Å². The molecule has 1 aromatic heterocycles. The van der Waals surface area contributed by atoms with Gasteiger partial charge < -0.3 is 9.47 Å². The summed E-state index contributed by atoms with van der Waals surface area (Å²) in [5, 5.41) is 9.09. The highest BCUT2D eigenvalue weighted by atomic mass is 35.5. The summed E-state index contributed by atoms with van der Waals surface area (Å²) in [7, 11) is 2.18. The van der Waals surface area contributed by atoms with Crippen molar-refractivity contribution in [2.45, 2.75) is 31.8 Å². The third-order valence-corrected chi connectivity index (χ3v) is 4.31. The summed E-state index contributed by atoms with van der Waals surface area (Å²) in [5.74, 6) is 1.58. The second-order valence-corrected chi connectivity index (χ2v) is 6.02. The highest BCUT2D eigenvalue weighted by Gasteiger charge is 2.25. The number of likely N-dealkylation sites (N-methyl/N-ethyl adjacent to an activating group) is 1. The van der Waals surface area contributed by atoms with Gasteiger partial charge in [-0.15, -0.1) is 11.6 Å². The van der Waals surface area contributed by atoms with Gasteiger partial charge in [-0.2, -0.15) is 5.26 Å². The fraction of sp³-hybridized carbons (Fsp3) is 0.500. The van der Waals surface area contributed by atoms with E-state index in [0.717, 1.165) is 42.4 Å². The predicted molar refractivity (Wildman–Crippen MR) is 84.5 cm³/mol. The van der Waals surface area contributed by atoms with Crippen molar-refractivity contribution in [3.8, 4) is 6.07 Å². The second kappa shape index (κ2) is 6.05. The zero-order valence-electron chi connectivity index (χ0n) is 12.2. The molecular formula is C16H19ClN4. The molecule has 0 spiro atoms. The molecule has 21 heavy (non-hydrogen) atoms. The van der Waals surface area contributed by atoms with Crippen molar-refractivity contribution in [2.24, 2.45) is 0 Å². The van der Waals surface area contributed by atoms with E-state index in [1.807, 2.05) is 18.2 Å². The molecule has 1 heterocycles. The van der Waals surface area contributed by atoms with E-state index in [-0.39, 0.29) is 0 Å². The molecule has 0 aliphatic heterocycles. The summed E-state index contributed by atoms with van der Waals surface area (Å²) < 4.78 is 2.22. The lowest BCUT2D eigenvalue weighted by Crippen LogP contribution is -2.25. The highest BCUT2D eigenvalue weighted by Crippen LogP contribution is 2.25. The van der Waals surface area contributed by atoms with Crippen molar-refractivity contribution in [1.29, 1.82) is 5.26 Å². The Morgan fingerprint density at radius 3 is 2.95 bits per heavy atom. The number of rotatable bonds is 6. The maximum Gasteiger partial charge on any atom is 0.111 e. The van der Waals surface area contributed by atoms with Crippen LogP contribution in [0, 0.1) is 11.3 Å². The van der Waals surface area contributed by atoms with Gasteiger partial charge in [0.05, 0.1) is 22.7 Å². The van der Waals surface area contributed by atoms with Crippen molar-refractivity contribution in [3.05, 3.63) is 29.6 Å². The SMILES string of the molecule is CN(CCn1c(CCCl)nc2ccc(C#N)cc21)C1CC1. The first-order chi connectivity index (χ1) is 10.2. The molecule has 0 amide bonds. The highest BCUT2D eigenvalue weighted by molar-refractivity contribution is 6.17. The number of aromatic nitrogens is 2. The zero-order chi connectivity index (χ0) is 14.8. The van der Waals surface area contributed by atoms with E-state index >= 15 is 0 Å². The maximum atomic E-state index is 9.09. The number of fused-ring (bicyclic) bond motifs is 1. The van der Waals surface area contributed by atoms with E-state index < -0.39 is 0 Å². The van der Waals surface area contributed by atoms with Gasteiger partial charge in [-0.05, 0) is 38.1 Å². The summed E-state index contributed by atoms with van der Waals surface area (Å²) in [6.07, 6.45) is 3.38. The number of aryl methyl sites for hydroxylation is 1. The average Bonchev–Trinajstić information content (AvgIpc) is 3.28. The summed E-state index contributed by atoms with van der Waals surface area (Å²) >= 11 is 5.90. The predicted octanol–water partition coefficient (Wildman–Crippen LogP) is 2.78. The molecule has 3 rings (SSSR count). The Labute approximate surface area is 129 Å². The standard InChI is InChI=1S/C16H19ClN4/c1-20(13-3-4-13)8-9-21-15-10-12(11-18)2-5-14(15)19-16(21)6-7-17/h2,5,10,13H,3-4,6-9H2,1H3. The number of nitrogens with zero attached hydrogens (tertiary/aromatic N) is 4. The molecule has 0 unspecified atom stereocenters. The van der Waals surface area contributed by atoms with E-state index in [1.54, 1.807) is 0 Å². The molecule has 1 saturated carbocycles. The lowest BCUT2D eigenvalue weighted by atomic mass is 10.2. The minimum Gasteiger partial charge on any atom is -0.327 e. The lowest BCUT2D eigenvalue weighted by Gasteiger charge is -2.17. The Hall–Kier alpha value is -1.57. The monoisotopic (exact) mass is 302 g/mol. The molecule has 1 aliphatic carbocycles. The van der Waals surface area contributed by atoms with Gasteiger partial charge in [-0.1, -0.05) is 0 Å². The zero-order valence-corrected chi connectivity index (χ0v) is 13.0. The van der Waals surface area contributed by atoms with Crippen LogP contribution >= 0.6 is 11.6 Å². The summed E-state index contributed by atoms with van der Waals surface area (Å²) in [6.45, 7) is 1.90. The van der Waals surface area contributed by atoms with Crippen molar-refractivity contribution in [3.63, 3.8) is 0 Å². The Morgan fingerprint density at radius 2 is 2.29 bits per heavy atom. The molecule has 4 nitrogen and oxygen atoms in total. The van der Waals surface area contributed by atoms with Gasteiger partial charge >= 0.3 is 0 Å². The molecule has 1 aromatic carbocycles. The quantitative estimate of drug-likeness (QED) is 0.771. The van der Waals surface area contributed by atoms with Crippen LogP contribution in [0.2, 0.25) is 0 Å². The number of nitriles is 1. The van der Waals surface area contributed by atoms with Gasteiger partial charge in [-0.25, -0.2) is 4.98 Å². The van der Waals surface area contributed by atoms with E-state index in [4.69, 9.17) is 16.9 Å². The third-order valence-electron chi connectivity index (χ3n) is 4.12. The summed E-state index contributed by atoms with van der Waals surface area (Å²) in [4.78, 5) is 7.07. The first kappa shape index (κ1) is 14.4. The molecule has 0 N–H and O–H groups in total. The number of alkyl halides is 1. The molecule has 2 aromatic rings. The molecule has 1 fully saturated rings. The minimum absolute atomic E-state index is 0.562. The third kappa shape index (κ3) is 3.04. The van der Waals surface area contributed by atoms with Crippen LogP contribution in [-0.2, 0) is 13.0 Å². The number of hydrogen-bond donors (Lipinski definition) is 0. The smallest absolute Gasteiger partial charge is 0.111 e. The van der Waals surface area contributed by atoms with Gasteiger partial charge in [0, 0.05) is 31.4 Å². The van der Waals surface area contributed by atoms with Gasteiger partial charge in [0.25, 0.3) is 0 Å². The van der Waals surface area contributed by atoms with Gasteiger partial charge in [-0.3, -0.25) is 0 Å². The topological polar surface area (TPSA) is 44.9 Å². The van der Waals surface area contributed by atoms with Crippen LogP contribution < -0.4 is 0 Å². The molecule has 0 bridgehead atoms. The fourth-order valence-corrected chi connectivity index (χ4v) is 2.89. The van der Waals surface area contributed by atoms with Crippen molar-refractivity contribution >= 4 is 22.6 Å². The van der Waals surface area contributed by atoms with Crippen molar-refractivity contribution < 1.29 is 0 Å². The summed E-state index contributed by atoms with van der Waals surface area (Å²) in [6, 6.07) is 8.63. The Kier molecular flexibility index (Phi) is 4.14. The largest absolute Gasteiger partial charge is 0.327 e. The number of imidazole rings is 1. The van der Waals surface area contributed by atoms with Gasteiger partial charge in [0.15, 0.2) is 0 Å². The average molecular weight is 303 g/mol. The summed E-state index contributed by atoms with van der Waals surface area (Å²) in [5.41, 5.74) is 2.66. The Balaban J connectivity index is 1.91. The molecule has 110 valence electrons. The molecule has 0 radical (unpaired) electrons. The number of hydrogen-bond acceptors (Lipinski definition) is 3. The van der Waals surface area contributed by atoms with Crippen LogP contribution in [0.4, 0.5) is 0 Å². The van der Waals surface area contributed by atoms with Crippen LogP contribution in [0.1, 0.15) is 24.2 Å².